The Bertz CT molecular complexity index is 220. The summed E-state index contributed by atoms with van der Waals surface area (Å²) in [6, 6.07) is -1.26. The molecule has 0 aliphatic carbocycles. The topological polar surface area (TPSA) is 78.9 Å². The van der Waals surface area contributed by atoms with Crippen LogP contribution < -0.4 is 5.32 Å². The zero-order valence-electron chi connectivity index (χ0n) is 9.32. The quantitative estimate of drug-likeness (QED) is 0.621. The molecule has 2 amide bonds. The number of rotatable bonds is 6. The van der Waals surface area contributed by atoms with Gasteiger partial charge in [0.25, 0.3) is 0 Å². The molecule has 0 aliphatic heterocycles. The van der Waals surface area contributed by atoms with Crippen molar-refractivity contribution in [2.75, 3.05) is 27.3 Å². The minimum absolute atomic E-state index is 0.388. The molecule has 0 saturated carbocycles. The number of carboxylic acids is 1. The number of hydrogen-bond acceptors (Lipinski definition) is 3. The van der Waals surface area contributed by atoms with Crippen molar-refractivity contribution in [2.24, 2.45) is 0 Å². The van der Waals surface area contributed by atoms with Gasteiger partial charge in [-0.25, -0.2) is 4.79 Å². The lowest BCUT2D eigenvalue weighted by atomic mass is 10.3. The third-order valence-electron chi connectivity index (χ3n) is 1.90. The summed E-state index contributed by atoms with van der Waals surface area (Å²) in [4.78, 5) is 23.3. The van der Waals surface area contributed by atoms with Gasteiger partial charge in [0, 0.05) is 27.3 Å². The van der Waals surface area contributed by atoms with Gasteiger partial charge >= 0.3 is 12.0 Å². The first-order valence-electron chi connectivity index (χ1n) is 4.72. The van der Waals surface area contributed by atoms with E-state index in [9.17, 15) is 9.59 Å². The van der Waals surface area contributed by atoms with Gasteiger partial charge in [-0.15, -0.1) is 0 Å². The molecule has 0 spiro atoms. The summed E-state index contributed by atoms with van der Waals surface area (Å²) in [5.41, 5.74) is 0. The summed E-state index contributed by atoms with van der Waals surface area (Å²) < 4.78 is 4.84. The van der Waals surface area contributed by atoms with Crippen molar-refractivity contribution in [3.05, 3.63) is 0 Å². The predicted octanol–water partition coefficient (Wildman–Crippen LogP) is 0.137. The number of carboxylic acid groups (broad SMARTS) is 1. The second kappa shape index (κ2) is 7.05. The van der Waals surface area contributed by atoms with E-state index >= 15 is 0 Å². The predicted molar refractivity (Wildman–Crippen MR) is 54.8 cm³/mol. The van der Waals surface area contributed by atoms with E-state index in [0.29, 0.717) is 13.2 Å². The van der Waals surface area contributed by atoms with Crippen LogP contribution in [0.4, 0.5) is 4.79 Å². The van der Waals surface area contributed by atoms with Crippen LogP contribution in [-0.2, 0) is 9.53 Å². The summed E-state index contributed by atoms with van der Waals surface area (Å²) in [5, 5.41) is 10.9. The molecule has 1 atom stereocenters. The highest BCUT2D eigenvalue weighted by Crippen LogP contribution is 1.91. The van der Waals surface area contributed by atoms with Crippen LogP contribution in [-0.4, -0.2) is 55.4 Å². The van der Waals surface area contributed by atoms with Gasteiger partial charge in [-0.1, -0.05) is 0 Å². The van der Waals surface area contributed by atoms with Gasteiger partial charge in [0.2, 0.25) is 0 Å². The summed E-state index contributed by atoms with van der Waals surface area (Å²) in [5.74, 6) is -1.05. The van der Waals surface area contributed by atoms with Gasteiger partial charge in [0.05, 0.1) is 0 Å². The molecule has 6 nitrogen and oxygen atoms in total. The fraction of sp³-hybridized carbons (Fsp3) is 0.778. The first-order valence-corrected chi connectivity index (χ1v) is 4.72. The molecule has 0 rings (SSSR count). The normalized spacial score (nSPS) is 11.9. The smallest absolute Gasteiger partial charge is 0.325 e. The molecule has 0 fully saturated rings. The van der Waals surface area contributed by atoms with Crippen molar-refractivity contribution in [3.63, 3.8) is 0 Å². The lowest BCUT2D eigenvalue weighted by molar-refractivity contribution is -0.138. The SMILES string of the molecule is COCCCN(C)C(=O)N[C@H](C)C(=O)O. The van der Waals surface area contributed by atoms with E-state index in [-0.39, 0.29) is 6.03 Å². The molecule has 88 valence electrons. The number of amides is 2. The van der Waals surface area contributed by atoms with Crippen molar-refractivity contribution >= 4 is 12.0 Å². The number of carbonyl (C=O) groups is 2. The van der Waals surface area contributed by atoms with E-state index in [4.69, 9.17) is 9.84 Å². The van der Waals surface area contributed by atoms with E-state index in [1.165, 1.54) is 11.8 Å². The molecule has 0 unspecified atom stereocenters. The zero-order valence-corrected chi connectivity index (χ0v) is 9.32. The highest BCUT2D eigenvalue weighted by atomic mass is 16.5. The van der Waals surface area contributed by atoms with Gasteiger partial charge in [-0.2, -0.15) is 0 Å². The minimum atomic E-state index is -1.05. The Labute approximate surface area is 89.2 Å². The van der Waals surface area contributed by atoms with Crippen LogP contribution in [0.1, 0.15) is 13.3 Å². The van der Waals surface area contributed by atoms with Crippen LogP contribution in [0, 0.1) is 0 Å². The Morgan fingerprint density at radius 1 is 1.53 bits per heavy atom. The minimum Gasteiger partial charge on any atom is -0.480 e. The van der Waals surface area contributed by atoms with Crippen LogP contribution in [0.25, 0.3) is 0 Å². The van der Waals surface area contributed by atoms with Crippen molar-refractivity contribution in [1.82, 2.24) is 10.2 Å². The van der Waals surface area contributed by atoms with Crippen LogP contribution in [0.5, 0.6) is 0 Å². The maximum atomic E-state index is 11.4. The van der Waals surface area contributed by atoms with E-state index in [0.717, 1.165) is 6.42 Å². The average Bonchev–Trinajstić information content (AvgIpc) is 2.17. The maximum absolute atomic E-state index is 11.4. The summed E-state index contributed by atoms with van der Waals surface area (Å²) in [7, 11) is 3.20. The van der Waals surface area contributed by atoms with Crippen molar-refractivity contribution in [3.8, 4) is 0 Å². The Morgan fingerprint density at radius 2 is 2.13 bits per heavy atom. The number of urea groups is 1. The highest BCUT2D eigenvalue weighted by Gasteiger charge is 2.16. The molecule has 0 heterocycles. The van der Waals surface area contributed by atoms with Crippen LogP contribution in [0.3, 0.4) is 0 Å². The third-order valence-corrected chi connectivity index (χ3v) is 1.90. The first kappa shape index (κ1) is 13.7. The fourth-order valence-electron chi connectivity index (χ4n) is 0.905. The van der Waals surface area contributed by atoms with Gasteiger partial charge in [-0.3, -0.25) is 4.79 Å². The van der Waals surface area contributed by atoms with Gasteiger partial charge in [-0.05, 0) is 13.3 Å². The molecule has 0 aromatic heterocycles. The molecule has 2 N–H and O–H groups in total. The second-order valence-electron chi connectivity index (χ2n) is 3.28. The molecule has 0 bridgehead atoms. The van der Waals surface area contributed by atoms with Gasteiger partial charge in [0.1, 0.15) is 6.04 Å². The lowest BCUT2D eigenvalue weighted by Crippen LogP contribution is -2.45. The Balaban J connectivity index is 3.83. The molecule has 0 aliphatic rings. The van der Waals surface area contributed by atoms with Gasteiger partial charge < -0.3 is 20.1 Å². The van der Waals surface area contributed by atoms with Crippen molar-refractivity contribution in [2.45, 2.75) is 19.4 Å². The Hall–Kier alpha value is -1.30. The molecule has 0 radical (unpaired) electrons. The number of methoxy groups -OCH3 is 1. The Morgan fingerprint density at radius 3 is 2.60 bits per heavy atom. The van der Waals surface area contributed by atoms with Crippen molar-refractivity contribution in [1.29, 1.82) is 0 Å². The molecule has 6 heteroatoms. The molecular formula is C9H18N2O4. The number of nitrogens with zero attached hydrogens (tertiary/aromatic N) is 1. The largest absolute Gasteiger partial charge is 0.480 e. The summed E-state index contributed by atoms with van der Waals surface area (Å²) >= 11 is 0. The van der Waals surface area contributed by atoms with Gasteiger partial charge in [0.15, 0.2) is 0 Å². The van der Waals surface area contributed by atoms with Crippen LogP contribution in [0.2, 0.25) is 0 Å². The molecule has 15 heavy (non-hydrogen) atoms. The maximum Gasteiger partial charge on any atom is 0.325 e. The lowest BCUT2D eigenvalue weighted by Gasteiger charge is -2.19. The molecule has 0 aromatic carbocycles. The standard InChI is InChI=1S/C9H18N2O4/c1-7(8(12)13)10-9(14)11(2)5-4-6-15-3/h7H,4-6H2,1-3H3,(H,10,14)(H,12,13)/t7-/m1/s1. The number of carbonyl (C=O) groups excluding carboxylic acids is 1. The van der Waals surface area contributed by atoms with Crippen LogP contribution in [0.15, 0.2) is 0 Å². The summed E-state index contributed by atoms with van der Waals surface area (Å²) in [6.45, 7) is 2.53. The highest BCUT2D eigenvalue weighted by molar-refractivity contribution is 5.82. The van der Waals surface area contributed by atoms with E-state index in [1.807, 2.05) is 0 Å². The fourth-order valence-corrected chi connectivity index (χ4v) is 0.905. The summed E-state index contributed by atoms with van der Waals surface area (Å²) in [6.07, 6.45) is 0.724. The van der Waals surface area contributed by atoms with E-state index < -0.39 is 12.0 Å². The van der Waals surface area contributed by atoms with E-state index in [2.05, 4.69) is 5.32 Å². The number of nitrogens with one attached hydrogen (secondary N) is 1. The Kier molecular flexibility index (Phi) is 6.44. The number of hydrogen-bond donors (Lipinski definition) is 2. The average molecular weight is 218 g/mol. The van der Waals surface area contributed by atoms with E-state index in [1.54, 1.807) is 14.2 Å². The molecular weight excluding hydrogens is 200 g/mol. The zero-order chi connectivity index (χ0) is 11.8. The monoisotopic (exact) mass is 218 g/mol. The number of aliphatic carboxylic acids is 1. The first-order chi connectivity index (χ1) is 6.99. The molecule has 0 saturated heterocycles. The van der Waals surface area contributed by atoms with Crippen molar-refractivity contribution < 1.29 is 19.4 Å². The molecule has 0 aromatic rings. The number of ether oxygens (including phenoxy) is 1. The second-order valence-corrected chi connectivity index (χ2v) is 3.28. The van der Waals surface area contributed by atoms with Crippen LogP contribution >= 0.6 is 0 Å². The third kappa shape index (κ3) is 5.90.